The Kier molecular flexibility index (Phi) is 3.22. The predicted octanol–water partition coefficient (Wildman–Crippen LogP) is 3.45. The highest BCUT2D eigenvalue weighted by molar-refractivity contribution is 5.70. The number of likely N-dealkylation sites (tertiary alicyclic amines) is 1. The molecule has 0 radical (unpaired) electrons. The molecule has 4 rings (SSSR count). The van der Waals surface area contributed by atoms with Crippen LogP contribution in [-0.4, -0.2) is 36.0 Å². The van der Waals surface area contributed by atoms with Gasteiger partial charge in [0.15, 0.2) is 11.5 Å². The Morgan fingerprint density at radius 3 is 2.87 bits per heavy atom. The second kappa shape index (κ2) is 5.05. The van der Waals surface area contributed by atoms with E-state index in [1.165, 1.54) is 11.1 Å². The van der Waals surface area contributed by atoms with Crippen LogP contribution in [-0.2, 0) is 11.2 Å². The van der Waals surface area contributed by atoms with Gasteiger partial charge in [0.25, 0.3) is 0 Å². The number of hydrogen-bond donors (Lipinski definition) is 0. The van der Waals surface area contributed by atoms with Gasteiger partial charge in [-0.1, -0.05) is 6.07 Å². The number of hydrogen-bond acceptors (Lipinski definition) is 4. The quantitative estimate of drug-likeness (QED) is 0.735. The van der Waals surface area contributed by atoms with Gasteiger partial charge in [0.1, 0.15) is 5.60 Å². The molecule has 0 saturated carbocycles. The molecule has 1 aromatic rings. The Bertz CT molecular complexity index is 649. The zero-order chi connectivity index (χ0) is 16.2. The summed E-state index contributed by atoms with van der Waals surface area (Å²) in [5, 5.41) is 0. The Balaban J connectivity index is 1.60. The maximum atomic E-state index is 12.5. The second-order valence-electron chi connectivity index (χ2n) is 7.54. The zero-order valence-electron chi connectivity index (χ0n) is 13.9. The van der Waals surface area contributed by atoms with Crippen LogP contribution in [0.5, 0.6) is 11.5 Å². The van der Waals surface area contributed by atoms with Crippen molar-refractivity contribution in [1.29, 1.82) is 0 Å². The van der Waals surface area contributed by atoms with Crippen molar-refractivity contribution < 1.29 is 19.0 Å². The van der Waals surface area contributed by atoms with Gasteiger partial charge in [-0.05, 0) is 51.7 Å². The number of rotatable bonds is 0. The van der Waals surface area contributed by atoms with Crippen molar-refractivity contribution in [3.8, 4) is 11.5 Å². The van der Waals surface area contributed by atoms with Crippen molar-refractivity contribution in [1.82, 2.24) is 4.90 Å². The molecule has 1 amide bonds. The summed E-state index contributed by atoms with van der Waals surface area (Å²) in [6.45, 7) is 6.81. The molecule has 0 bridgehead atoms. The number of ether oxygens (including phenoxy) is 3. The molecule has 23 heavy (non-hydrogen) atoms. The summed E-state index contributed by atoms with van der Waals surface area (Å²) in [6.07, 6.45) is 2.67. The number of carbonyl (C=O) groups excluding carboxylic acids is 1. The van der Waals surface area contributed by atoms with Crippen molar-refractivity contribution >= 4 is 6.09 Å². The molecule has 1 fully saturated rings. The number of nitrogens with zero attached hydrogens (tertiary/aromatic N) is 1. The van der Waals surface area contributed by atoms with E-state index >= 15 is 0 Å². The number of carbonyl (C=O) groups is 1. The number of benzene rings is 1. The maximum absolute atomic E-state index is 12.5. The van der Waals surface area contributed by atoms with E-state index in [-0.39, 0.29) is 12.1 Å². The van der Waals surface area contributed by atoms with Crippen molar-refractivity contribution in [3.63, 3.8) is 0 Å². The van der Waals surface area contributed by atoms with Crippen LogP contribution in [0.3, 0.4) is 0 Å². The van der Waals surface area contributed by atoms with E-state index in [1.807, 2.05) is 31.7 Å². The summed E-state index contributed by atoms with van der Waals surface area (Å²) >= 11 is 0. The van der Waals surface area contributed by atoms with Gasteiger partial charge in [-0.25, -0.2) is 4.79 Å². The van der Waals surface area contributed by atoms with Gasteiger partial charge in [-0.2, -0.15) is 0 Å². The van der Waals surface area contributed by atoms with E-state index in [4.69, 9.17) is 14.2 Å². The maximum Gasteiger partial charge on any atom is 0.410 e. The largest absolute Gasteiger partial charge is 0.454 e. The average molecular weight is 317 g/mol. The minimum Gasteiger partial charge on any atom is -0.454 e. The fourth-order valence-corrected chi connectivity index (χ4v) is 4.06. The van der Waals surface area contributed by atoms with E-state index in [9.17, 15) is 4.79 Å². The van der Waals surface area contributed by atoms with E-state index in [2.05, 4.69) is 6.07 Å². The molecule has 2 heterocycles. The highest BCUT2D eigenvalue weighted by Gasteiger charge is 2.43. The van der Waals surface area contributed by atoms with Crippen LogP contribution >= 0.6 is 0 Å². The van der Waals surface area contributed by atoms with Crippen LogP contribution in [0.1, 0.15) is 50.7 Å². The third-order valence-electron chi connectivity index (χ3n) is 4.94. The lowest BCUT2D eigenvalue weighted by atomic mass is 9.79. The molecule has 2 aliphatic heterocycles. The van der Waals surface area contributed by atoms with E-state index in [1.54, 1.807) is 0 Å². The molecular formula is C18H23NO4. The van der Waals surface area contributed by atoms with Gasteiger partial charge >= 0.3 is 6.09 Å². The van der Waals surface area contributed by atoms with Crippen LogP contribution in [0.4, 0.5) is 4.79 Å². The molecule has 1 aromatic carbocycles. The van der Waals surface area contributed by atoms with Crippen LogP contribution in [0, 0.1) is 0 Å². The molecule has 1 aliphatic carbocycles. The van der Waals surface area contributed by atoms with Gasteiger partial charge in [0.2, 0.25) is 6.79 Å². The molecular weight excluding hydrogens is 294 g/mol. The first kappa shape index (κ1) is 14.7. The summed E-state index contributed by atoms with van der Waals surface area (Å²) < 4.78 is 16.7. The molecule has 0 N–H and O–H groups in total. The lowest BCUT2D eigenvalue weighted by Crippen LogP contribution is -2.42. The van der Waals surface area contributed by atoms with Crippen LogP contribution in [0.25, 0.3) is 0 Å². The normalized spacial score (nSPS) is 25.1. The smallest absolute Gasteiger partial charge is 0.410 e. The minimum absolute atomic E-state index is 0.186. The summed E-state index contributed by atoms with van der Waals surface area (Å²) in [5.41, 5.74) is 2.14. The van der Waals surface area contributed by atoms with Gasteiger partial charge in [0.05, 0.1) is 0 Å². The summed E-state index contributed by atoms with van der Waals surface area (Å²) in [5.74, 6) is 2.14. The highest BCUT2D eigenvalue weighted by Crippen LogP contribution is 2.48. The summed E-state index contributed by atoms with van der Waals surface area (Å²) in [6, 6.07) is 4.38. The molecule has 2 atom stereocenters. The third-order valence-corrected chi connectivity index (χ3v) is 4.94. The first-order valence-corrected chi connectivity index (χ1v) is 8.35. The first-order chi connectivity index (χ1) is 10.9. The molecule has 5 heteroatoms. The van der Waals surface area contributed by atoms with Crippen molar-refractivity contribution in [2.45, 2.75) is 57.6 Å². The molecule has 0 unspecified atom stereocenters. The Morgan fingerprint density at radius 1 is 1.26 bits per heavy atom. The van der Waals surface area contributed by atoms with Crippen LogP contribution in [0.2, 0.25) is 0 Å². The van der Waals surface area contributed by atoms with Gasteiger partial charge in [0, 0.05) is 24.1 Å². The standard InChI is InChI=1S/C18H23NO4/c1-18(2,3)23-17(20)19-9-8-12-11-5-7-15-16(22-10-21-15)13(11)4-6-14(12)19/h5,7,12,14H,4,6,8-10H2,1-3H3/t12-,14-/m0/s1. The summed E-state index contributed by atoms with van der Waals surface area (Å²) in [7, 11) is 0. The fourth-order valence-electron chi connectivity index (χ4n) is 4.06. The topological polar surface area (TPSA) is 48.0 Å². The third kappa shape index (κ3) is 2.42. The predicted molar refractivity (Wildman–Crippen MR) is 85.0 cm³/mol. The van der Waals surface area contributed by atoms with Gasteiger partial charge in [-0.3, -0.25) is 0 Å². The zero-order valence-corrected chi connectivity index (χ0v) is 13.9. The molecule has 0 aromatic heterocycles. The minimum atomic E-state index is -0.451. The lowest BCUT2D eigenvalue weighted by molar-refractivity contribution is 0.0210. The van der Waals surface area contributed by atoms with Crippen LogP contribution in [0.15, 0.2) is 12.1 Å². The Morgan fingerprint density at radius 2 is 2.09 bits per heavy atom. The Hall–Kier alpha value is -1.91. The molecule has 0 spiro atoms. The van der Waals surface area contributed by atoms with E-state index in [0.29, 0.717) is 12.7 Å². The molecule has 5 nitrogen and oxygen atoms in total. The Labute approximate surface area is 136 Å². The van der Waals surface area contributed by atoms with Crippen LogP contribution < -0.4 is 9.47 Å². The molecule has 124 valence electrons. The second-order valence-corrected chi connectivity index (χ2v) is 7.54. The summed E-state index contributed by atoms with van der Waals surface area (Å²) in [4.78, 5) is 14.4. The number of amides is 1. The molecule has 1 saturated heterocycles. The highest BCUT2D eigenvalue weighted by atomic mass is 16.7. The van der Waals surface area contributed by atoms with Crippen molar-refractivity contribution in [2.75, 3.05) is 13.3 Å². The van der Waals surface area contributed by atoms with E-state index in [0.717, 1.165) is 37.3 Å². The van der Waals surface area contributed by atoms with Gasteiger partial charge in [-0.15, -0.1) is 0 Å². The monoisotopic (exact) mass is 317 g/mol. The number of fused-ring (bicyclic) bond motifs is 5. The van der Waals surface area contributed by atoms with Gasteiger partial charge < -0.3 is 19.1 Å². The fraction of sp³-hybridized carbons (Fsp3) is 0.611. The van der Waals surface area contributed by atoms with Crippen molar-refractivity contribution in [3.05, 3.63) is 23.3 Å². The average Bonchev–Trinajstić information content (AvgIpc) is 3.11. The SMILES string of the molecule is CC(C)(C)OC(=O)N1CC[C@H]2c3ccc4c(c3CC[C@@H]21)OCO4. The lowest BCUT2D eigenvalue weighted by Gasteiger charge is -2.34. The van der Waals surface area contributed by atoms with Crippen molar-refractivity contribution in [2.24, 2.45) is 0 Å². The molecule has 3 aliphatic rings. The first-order valence-electron chi connectivity index (χ1n) is 8.35. The van der Waals surface area contributed by atoms with E-state index < -0.39 is 5.60 Å².